The second-order valence-corrected chi connectivity index (χ2v) is 7.16. The van der Waals surface area contributed by atoms with Gasteiger partial charge in [0.25, 0.3) is 0 Å². The summed E-state index contributed by atoms with van der Waals surface area (Å²) < 4.78 is 0. The second-order valence-electron chi connectivity index (χ2n) is 7.16. The monoisotopic (exact) mass is 226 g/mol. The van der Waals surface area contributed by atoms with E-state index >= 15 is 0 Å². The van der Waals surface area contributed by atoms with E-state index in [1.807, 2.05) is 0 Å². The molecule has 0 aromatic heterocycles. The highest BCUT2D eigenvalue weighted by atomic mass is 15.2. The molecule has 0 bridgehead atoms. The molecule has 0 aliphatic heterocycles. The molecule has 96 valence electrons. The highest BCUT2D eigenvalue weighted by molar-refractivity contribution is 4.95. The Kier molecular flexibility index (Phi) is 4.07. The maximum Gasteiger partial charge on any atom is 0.0161 e. The Balaban J connectivity index is 2.60. The van der Waals surface area contributed by atoms with E-state index in [-0.39, 0.29) is 11.0 Å². The van der Waals surface area contributed by atoms with Crippen molar-refractivity contribution in [1.29, 1.82) is 0 Å². The lowest BCUT2D eigenvalue weighted by Crippen LogP contribution is -2.53. The van der Waals surface area contributed by atoms with Gasteiger partial charge in [-0.2, -0.15) is 0 Å². The van der Waals surface area contributed by atoms with Crippen LogP contribution in [-0.2, 0) is 0 Å². The molecule has 0 heterocycles. The number of nitrogens with zero attached hydrogens (tertiary/aromatic N) is 1. The fourth-order valence-corrected chi connectivity index (χ4v) is 1.96. The van der Waals surface area contributed by atoms with Crippen molar-refractivity contribution in [3.8, 4) is 0 Å². The molecule has 0 aromatic carbocycles. The Bertz CT molecular complexity index is 221. The van der Waals surface area contributed by atoms with Gasteiger partial charge in [-0.3, -0.25) is 4.90 Å². The summed E-state index contributed by atoms with van der Waals surface area (Å²) in [6, 6.07) is 0.837. The van der Waals surface area contributed by atoms with Gasteiger partial charge in [0, 0.05) is 24.7 Å². The van der Waals surface area contributed by atoms with E-state index in [1.54, 1.807) is 0 Å². The Morgan fingerprint density at radius 2 is 1.69 bits per heavy atom. The third kappa shape index (κ3) is 3.74. The van der Waals surface area contributed by atoms with E-state index in [4.69, 9.17) is 5.73 Å². The van der Waals surface area contributed by atoms with E-state index in [9.17, 15) is 0 Å². The molecule has 2 heteroatoms. The molecule has 0 amide bonds. The topological polar surface area (TPSA) is 29.3 Å². The average molecular weight is 226 g/mol. The molecule has 0 radical (unpaired) electrons. The first-order chi connectivity index (χ1) is 7.13. The van der Waals surface area contributed by atoms with Gasteiger partial charge in [0.05, 0.1) is 0 Å². The number of rotatable bonds is 6. The first-order valence-corrected chi connectivity index (χ1v) is 6.66. The first kappa shape index (κ1) is 14.0. The quantitative estimate of drug-likeness (QED) is 0.754. The molecule has 0 atom stereocenters. The van der Waals surface area contributed by atoms with Crippen molar-refractivity contribution in [1.82, 2.24) is 4.90 Å². The predicted octanol–water partition coefficient (Wildman–Crippen LogP) is 2.87. The molecule has 1 aliphatic carbocycles. The van der Waals surface area contributed by atoms with Gasteiger partial charge in [0.15, 0.2) is 0 Å². The molecule has 0 unspecified atom stereocenters. The van der Waals surface area contributed by atoms with Crippen LogP contribution in [0, 0.1) is 11.3 Å². The van der Waals surface area contributed by atoms with Gasteiger partial charge in [-0.25, -0.2) is 0 Å². The lowest BCUT2D eigenvalue weighted by Gasteiger charge is -2.42. The molecule has 0 spiro atoms. The maximum absolute atomic E-state index is 6.29. The van der Waals surface area contributed by atoms with Crippen molar-refractivity contribution in [3.05, 3.63) is 0 Å². The summed E-state index contributed by atoms with van der Waals surface area (Å²) in [6.45, 7) is 15.8. The molecule has 2 N–H and O–H groups in total. The standard InChI is InChI=1S/C14H30N2/c1-11(2)9-16(12-7-8-12)10-13(3,4)14(5,6)15/h11-12H,7-10,15H2,1-6H3. The van der Waals surface area contributed by atoms with E-state index in [0.717, 1.165) is 18.5 Å². The highest BCUT2D eigenvalue weighted by Gasteiger charge is 2.39. The van der Waals surface area contributed by atoms with Crippen LogP contribution in [0.15, 0.2) is 0 Å². The zero-order chi connectivity index (χ0) is 12.6. The predicted molar refractivity (Wildman–Crippen MR) is 71.5 cm³/mol. The molecule has 1 aliphatic rings. The van der Waals surface area contributed by atoms with Crippen molar-refractivity contribution in [3.63, 3.8) is 0 Å². The largest absolute Gasteiger partial charge is 0.325 e. The summed E-state index contributed by atoms with van der Waals surface area (Å²) >= 11 is 0. The van der Waals surface area contributed by atoms with Crippen LogP contribution in [0.3, 0.4) is 0 Å². The van der Waals surface area contributed by atoms with Crippen LogP contribution in [0.1, 0.15) is 54.4 Å². The Morgan fingerprint density at radius 3 is 2.00 bits per heavy atom. The Hall–Kier alpha value is -0.0800. The minimum Gasteiger partial charge on any atom is -0.325 e. The van der Waals surface area contributed by atoms with Crippen molar-refractivity contribution in [2.75, 3.05) is 13.1 Å². The van der Waals surface area contributed by atoms with Gasteiger partial charge in [-0.15, -0.1) is 0 Å². The minimum absolute atomic E-state index is 0.114. The normalized spacial score (nSPS) is 18.6. The zero-order valence-corrected chi connectivity index (χ0v) is 12.0. The van der Waals surface area contributed by atoms with Crippen LogP contribution < -0.4 is 5.73 Å². The van der Waals surface area contributed by atoms with Crippen LogP contribution in [0.2, 0.25) is 0 Å². The molecule has 0 aromatic rings. The third-order valence-corrected chi connectivity index (χ3v) is 4.01. The first-order valence-electron chi connectivity index (χ1n) is 6.66. The lowest BCUT2D eigenvalue weighted by atomic mass is 9.74. The Labute approximate surface area is 102 Å². The van der Waals surface area contributed by atoms with Crippen LogP contribution in [-0.4, -0.2) is 29.6 Å². The van der Waals surface area contributed by atoms with Crippen LogP contribution in [0.4, 0.5) is 0 Å². The Morgan fingerprint density at radius 1 is 1.19 bits per heavy atom. The molecular formula is C14H30N2. The molecule has 1 fully saturated rings. The van der Waals surface area contributed by atoms with Crippen molar-refractivity contribution in [2.24, 2.45) is 17.1 Å². The molecule has 1 rings (SSSR count). The average Bonchev–Trinajstić information content (AvgIpc) is 2.80. The van der Waals surface area contributed by atoms with Crippen LogP contribution in [0.5, 0.6) is 0 Å². The fourth-order valence-electron chi connectivity index (χ4n) is 1.96. The summed E-state index contributed by atoms with van der Waals surface area (Å²) in [5.74, 6) is 0.747. The maximum atomic E-state index is 6.29. The van der Waals surface area contributed by atoms with E-state index in [0.29, 0.717) is 0 Å². The van der Waals surface area contributed by atoms with Gasteiger partial charge in [0.1, 0.15) is 0 Å². The van der Waals surface area contributed by atoms with Gasteiger partial charge < -0.3 is 5.73 Å². The fraction of sp³-hybridized carbons (Fsp3) is 1.00. The van der Waals surface area contributed by atoms with Crippen molar-refractivity contribution >= 4 is 0 Å². The summed E-state index contributed by atoms with van der Waals surface area (Å²) in [4.78, 5) is 2.65. The van der Waals surface area contributed by atoms with Crippen molar-refractivity contribution in [2.45, 2.75) is 66.0 Å². The minimum atomic E-state index is -0.114. The SMILES string of the molecule is CC(C)CN(CC(C)(C)C(C)(C)N)C1CC1. The van der Waals surface area contributed by atoms with Gasteiger partial charge >= 0.3 is 0 Å². The van der Waals surface area contributed by atoms with Gasteiger partial charge in [-0.1, -0.05) is 27.7 Å². The lowest BCUT2D eigenvalue weighted by molar-refractivity contribution is 0.0993. The molecule has 1 saturated carbocycles. The van der Waals surface area contributed by atoms with Crippen molar-refractivity contribution < 1.29 is 0 Å². The van der Waals surface area contributed by atoms with Gasteiger partial charge in [0.2, 0.25) is 0 Å². The van der Waals surface area contributed by atoms with E-state index < -0.39 is 0 Å². The van der Waals surface area contributed by atoms with E-state index in [2.05, 4.69) is 46.4 Å². The third-order valence-electron chi connectivity index (χ3n) is 4.01. The molecule has 2 nitrogen and oxygen atoms in total. The molecule has 0 saturated heterocycles. The second kappa shape index (κ2) is 4.66. The molecule has 16 heavy (non-hydrogen) atoms. The van der Waals surface area contributed by atoms with Crippen LogP contribution >= 0.6 is 0 Å². The highest BCUT2D eigenvalue weighted by Crippen LogP contribution is 2.35. The van der Waals surface area contributed by atoms with E-state index in [1.165, 1.54) is 19.4 Å². The summed E-state index contributed by atoms with van der Waals surface area (Å²) in [5, 5.41) is 0. The number of hydrogen-bond donors (Lipinski definition) is 1. The van der Waals surface area contributed by atoms with Gasteiger partial charge in [-0.05, 0) is 38.0 Å². The summed E-state index contributed by atoms with van der Waals surface area (Å²) in [5.41, 5.74) is 6.34. The number of hydrogen-bond acceptors (Lipinski definition) is 2. The van der Waals surface area contributed by atoms with Crippen LogP contribution in [0.25, 0.3) is 0 Å². The smallest absolute Gasteiger partial charge is 0.0161 e. The number of nitrogens with two attached hydrogens (primary N) is 1. The molecular weight excluding hydrogens is 196 g/mol. The zero-order valence-electron chi connectivity index (χ0n) is 12.0. The summed E-state index contributed by atoms with van der Waals surface area (Å²) in [7, 11) is 0. The summed E-state index contributed by atoms with van der Waals surface area (Å²) in [6.07, 6.45) is 2.77.